The van der Waals surface area contributed by atoms with E-state index in [1.54, 1.807) is 0 Å². The van der Waals surface area contributed by atoms with Crippen molar-refractivity contribution in [2.75, 3.05) is 6.54 Å². The van der Waals surface area contributed by atoms with Gasteiger partial charge in [-0.05, 0) is 18.9 Å². The van der Waals surface area contributed by atoms with Crippen LogP contribution in [0.3, 0.4) is 0 Å². The SMILES string of the molecule is Cn1cncc1C=CCNC1CC1. The van der Waals surface area contributed by atoms with Gasteiger partial charge in [-0.25, -0.2) is 4.98 Å². The van der Waals surface area contributed by atoms with E-state index in [9.17, 15) is 0 Å². The zero-order chi connectivity index (χ0) is 9.10. The van der Waals surface area contributed by atoms with Gasteiger partial charge in [-0.15, -0.1) is 0 Å². The first kappa shape index (κ1) is 8.51. The topological polar surface area (TPSA) is 29.9 Å². The summed E-state index contributed by atoms with van der Waals surface area (Å²) < 4.78 is 2.01. The van der Waals surface area contributed by atoms with Crippen molar-refractivity contribution >= 4 is 6.08 Å². The average Bonchev–Trinajstić information content (AvgIpc) is 2.86. The lowest BCUT2D eigenvalue weighted by molar-refractivity contribution is 0.754. The van der Waals surface area contributed by atoms with Gasteiger partial charge >= 0.3 is 0 Å². The number of rotatable bonds is 4. The third-order valence-corrected chi connectivity index (χ3v) is 2.24. The Morgan fingerprint density at radius 3 is 3.15 bits per heavy atom. The minimum absolute atomic E-state index is 0.788. The minimum Gasteiger partial charge on any atom is -0.334 e. The molecule has 1 fully saturated rings. The first-order valence-corrected chi connectivity index (χ1v) is 4.72. The molecule has 3 heteroatoms. The van der Waals surface area contributed by atoms with Crippen LogP contribution < -0.4 is 5.32 Å². The van der Waals surface area contributed by atoms with Crippen LogP contribution in [0.1, 0.15) is 18.5 Å². The molecule has 0 radical (unpaired) electrons. The predicted octanol–water partition coefficient (Wildman–Crippen LogP) is 1.19. The van der Waals surface area contributed by atoms with Crippen LogP contribution in [-0.4, -0.2) is 22.1 Å². The van der Waals surface area contributed by atoms with E-state index < -0.39 is 0 Å². The van der Waals surface area contributed by atoms with E-state index in [0.29, 0.717) is 0 Å². The molecule has 13 heavy (non-hydrogen) atoms. The quantitative estimate of drug-likeness (QED) is 0.748. The normalized spacial score (nSPS) is 17.0. The van der Waals surface area contributed by atoms with Crippen molar-refractivity contribution in [1.82, 2.24) is 14.9 Å². The molecule has 0 aromatic carbocycles. The van der Waals surface area contributed by atoms with Gasteiger partial charge in [0.1, 0.15) is 0 Å². The van der Waals surface area contributed by atoms with Gasteiger partial charge in [0, 0.05) is 19.6 Å². The number of hydrogen-bond donors (Lipinski definition) is 1. The molecule has 0 bridgehead atoms. The van der Waals surface area contributed by atoms with Gasteiger partial charge in [0.15, 0.2) is 0 Å². The summed E-state index contributed by atoms with van der Waals surface area (Å²) >= 11 is 0. The highest BCUT2D eigenvalue weighted by Crippen LogP contribution is 2.18. The Bertz CT molecular complexity index is 297. The lowest BCUT2D eigenvalue weighted by atomic mass is 10.4. The molecule has 1 heterocycles. The van der Waals surface area contributed by atoms with Gasteiger partial charge in [-0.3, -0.25) is 0 Å². The summed E-state index contributed by atoms with van der Waals surface area (Å²) in [5, 5.41) is 3.42. The molecular weight excluding hydrogens is 162 g/mol. The Morgan fingerprint density at radius 2 is 2.54 bits per heavy atom. The number of aromatic nitrogens is 2. The first-order valence-electron chi connectivity index (χ1n) is 4.72. The first-order chi connectivity index (χ1) is 6.36. The van der Waals surface area contributed by atoms with Crippen LogP contribution in [0.4, 0.5) is 0 Å². The highest BCUT2D eigenvalue weighted by atomic mass is 15.0. The van der Waals surface area contributed by atoms with Crippen molar-refractivity contribution in [3.05, 3.63) is 24.3 Å². The minimum atomic E-state index is 0.788. The third kappa shape index (κ3) is 2.42. The monoisotopic (exact) mass is 177 g/mol. The maximum Gasteiger partial charge on any atom is 0.0948 e. The van der Waals surface area contributed by atoms with E-state index >= 15 is 0 Å². The van der Waals surface area contributed by atoms with Crippen molar-refractivity contribution in [2.45, 2.75) is 18.9 Å². The van der Waals surface area contributed by atoms with Gasteiger partial charge in [-0.2, -0.15) is 0 Å². The van der Waals surface area contributed by atoms with Crippen LogP contribution in [0.25, 0.3) is 6.08 Å². The summed E-state index contributed by atoms with van der Waals surface area (Å²) in [6.07, 6.45) is 10.6. The second-order valence-electron chi connectivity index (χ2n) is 3.51. The summed E-state index contributed by atoms with van der Waals surface area (Å²) in [5.41, 5.74) is 1.15. The van der Waals surface area contributed by atoms with E-state index in [1.165, 1.54) is 12.8 Å². The molecule has 3 nitrogen and oxygen atoms in total. The van der Waals surface area contributed by atoms with E-state index in [0.717, 1.165) is 18.3 Å². The number of aryl methyl sites for hydroxylation is 1. The van der Waals surface area contributed by atoms with Crippen LogP contribution in [0.2, 0.25) is 0 Å². The molecule has 1 N–H and O–H groups in total. The highest BCUT2D eigenvalue weighted by molar-refractivity contribution is 5.43. The van der Waals surface area contributed by atoms with E-state index in [-0.39, 0.29) is 0 Å². The number of nitrogens with one attached hydrogen (secondary N) is 1. The molecule has 70 valence electrons. The van der Waals surface area contributed by atoms with E-state index in [4.69, 9.17) is 0 Å². The third-order valence-electron chi connectivity index (χ3n) is 2.24. The molecule has 1 aliphatic rings. The van der Waals surface area contributed by atoms with E-state index in [2.05, 4.69) is 22.5 Å². The van der Waals surface area contributed by atoms with Crippen molar-refractivity contribution in [1.29, 1.82) is 0 Å². The maximum atomic E-state index is 4.04. The molecule has 0 unspecified atom stereocenters. The van der Waals surface area contributed by atoms with Crippen LogP contribution in [0.5, 0.6) is 0 Å². The van der Waals surface area contributed by atoms with Crippen LogP contribution in [0, 0.1) is 0 Å². The van der Waals surface area contributed by atoms with Crippen molar-refractivity contribution in [2.24, 2.45) is 7.05 Å². The van der Waals surface area contributed by atoms with Gasteiger partial charge in [-0.1, -0.05) is 6.08 Å². The van der Waals surface area contributed by atoms with Crippen molar-refractivity contribution < 1.29 is 0 Å². The fourth-order valence-electron chi connectivity index (χ4n) is 1.23. The standard InChI is InChI=1S/C10H15N3/c1-13-8-11-7-10(13)3-2-6-12-9-4-5-9/h2-3,7-9,12H,4-6H2,1H3. The van der Waals surface area contributed by atoms with E-state index in [1.807, 2.05) is 24.1 Å². The molecule has 2 rings (SSSR count). The Kier molecular flexibility index (Phi) is 2.45. The van der Waals surface area contributed by atoms with Crippen LogP contribution >= 0.6 is 0 Å². The zero-order valence-electron chi connectivity index (χ0n) is 7.90. The number of nitrogens with zero attached hydrogens (tertiary/aromatic N) is 2. The smallest absolute Gasteiger partial charge is 0.0948 e. The summed E-state index contributed by atoms with van der Waals surface area (Å²) in [6, 6.07) is 0.788. The van der Waals surface area contributed by atoms with Crippen LogP contribution in [-0.2, 0) is 7.05 Å². The number of hydrogen-bond acceptors (Lipinski definition) is 2. The molecule has 0 saturated heterocycles. The number of imidazole rings is 1. The van der Waals surface area contributed by atoms with Gasteiger partial charge < -0.3 is 9.88 Å². The Labute approximate surface area is 78.5 Å². The second-order valence-corrected chi connectivity index (χ2v) is 3.51. The van der Waals surface area contributed by atoms with Crippen molar-refractivity contribution in [3.63, 3.8) is 0 Å². The summed E-state index contributed by atoms with van der Waals surface area (Å²) in [6.45, 7) is 0.968. The fraction of sp³-hybridized carbons (Fsp3) is 0.500. The predicted molar refractivity (Wildman–Crippen MR) is 53.3 cm³/mol. The molecule has 0 spiro atoms. The summed E-state index contributed by atoms with van der Waals surface area (Å²) in [5.74, 6) is 0. The summed E-state index contributed by atoms with van der Waals surface area (Å²) in [4.78, 5) is 4.04. The van der Waals surface area contributed by atoms with Gasteiger partial charge in [0.25, 0.3) is 0 Å². The zero-order valence-corrected chi connectivity index (χ0v) is 7.90. The summed E-state index contributed by atoms with van der Waals surface area (Å²) in [7, 11) is 2.00. The van der Waals surface area contributed by atoms with Crippen molar-refractivity contribution in [3.8, 4) is 0 Å². The lowest BCUT2D eigenvalue weighted by Gasteiger charge is -1.96. The molecule has 1 aromatic heterocycles. The Balaban J connectivity index is 1.79. The molecule has 0 aliphatic heterocycles. The molecule has 1 saturated carbocycles. The lowest BCUT2D eigenvalue weighted by Crippen LogP contribution is -2.15. The molecular formula is C10H15N3. The largest absolute Gasteiger partial charge is 0.334 e. The average molecular weight is 177 g/mol. The fourth-order valence-corrected chi connectivity index (χ4v) is 1.23. The second kappa shape index (κ2) is 3.75. The van der Waals surface area contributed by atoms with Gasteiger partial charge in [0.05, 0.1) is 18.2 Å². The molecule has 0 amide bonds. The molecule has 1 aliphatic carbocycles. The highest BCUT2D eigenvalue weighted by Gasteiger charge is 2.18. The Hall–Kier alpha value is -1.09. The van der Waals surface area contributed by atoms with Crippen LogP contribution in [0.15, 0.2) is 18.6 Å². The Morgan fingerprint density at radius 1 is 1.69 bits per heavy atom. The molecule has 0 atom stereocenters. The van der Waals surface area contributed by atoms with Gasteiger partial charge in [0.2, 0.25) is 0 Å². The maximum absolute atomic E-state index is 4.04. The molecule has 1 aromatic rings.